The van der Waals surface area contributed by atoms with Crippen LogP contribution in [0.4, 0.5) is 16.2 Å². The number of ether oxygens (including phenoxy) is 1. The van der Waals surface area contributed by atoms with E-state index in [1.165, 1.54) is 26.1 Å². The highest BCUT2D eigenvalue weighted by molar-refractivity contribution is 6.00. The van der Waals surface area contributed by atoms with Gasteiger partial charge in [-0.3, -0.25) is 20.2 Å². The predicted molar refractivity (Wildman–Crippen MR) is 93.9 cm³/mol. The smallest absolute Gasteiger partial charge is 0.341 e. The van der Waals surface area contributed by atoms with E-state index in [4.69, 9.17) is 4.74 Å². The van der Waals surface area contributed by atoms with Crippen LogP contribution in [0.2, 0.25) is 0 Å². The third-order valence-electron chi connectivity index (χ3n) is 3.08. The molecule has 10 heteroatoms. The van der Waals surface area contributed by atoms with Gasteiger partial charge in [0.05, 0.1) is 10.5 Å². The summed E-state index contributed by atoms with van der Waals surface area (Å²) < 4.78 is 5.01. The van der Waals surface area contributed by atoms with E-state index < -0.39 is 34.5 Å². The number of urea groups is 1. The number of rotatable bonds is 5. The maximum absolute atomic E-state index is 12.3. The molecule has 1 aromatic carbocycles. The molecule has 10 nitrogen and oxygen atoms in total. The highest BCUT2D eigenvalue weighted by atomic mass is 16.6. The summed E-state index contributed by atoms with van der Waals surface area (Å²) in [6.45, 7) is 6.50. The number of hydrogen-bond acceptors (Lipinski definition) is 7. The summed E-state index contributed by atoms with van der Waals surface area (Å²) >= 11 is 0. The van der Waals surface area contributed by atoms with Crippen molar-refractivity contribution in [3.63, 3.8) is 0 Å². The number of benzene rings is 1. The van der Waals surface area contributed by atoms with Gasteiger partial charge < -0.3 is 15.4 Å². The zero-order chi connectivity index (χ0) is 20.1. The van der Waals surface area contributed by atoms with Crippen LogP contribution in [0.25, 0.3) is 0 Å². The molecule has 0 aliphatic heterocycles. The third kappa shape index (κ3) is 6.04. The van der Waals surface area contributed by atoms with Crippen molar-refractivity contribution in [2.75, 3.05) is 12.4 Å². The van der Waals surface area contributed by atoms with Gasteiger partial charge in [-0.2, -0.15) is 0 Å². The zero-order valence-electron chi connectivity index (χ0n) is 15.2. The second-order valence-electron chi connectivity index (χ2n) is 6.48. The SMILES string of the molecule is CNc1ccc([N+](=O)[O-])cc1C(=O)O[C@H](C)C(=O)NC(=O)NC(C)(C)C. The average Bonchev–Trinajstić information content (AvgIpc) is 2.51. The number of carbonyl (C=O) groups excluding carboxylic acids is 3. The number of carbonyl (C=O) groups is 3. The zero-order valence-corrected chi connectivity index (χ0v) is 15.2. The van der Waals surface area contributed by atoms with Crippen molar-refractivity contribution in [3.8, 4) is 0 Å². The van der Waals surface area contributed by atoms with Gasteiger partial charge in [0.1, 0.15) is 0 Å². The number of nitrogens with one attached hydrogen (secondary N) is 3. The number of nitrogens with zero attached hydrogens (tertiary/aromatic N) is 1. The van der Waals surface area contributed by atoms with Gasteiger partial charge >= 0.3 is 12.0 Å². The number of nitro benzene ring substituents is 1. The van der Waals surface area contributed by atoms with E-state index in [1.54, 1.807) is 20.8 Å². The lowest BCUT2D eigenvalue weighted by molar-refractivity contribution is -0.384. The second-order valence-corrected chi connectivity index (χ2v) is 6.48. The summed E-state index contributed by atoms with van der Waals surface area (Å²) in [5.74, 6) is -1.76. The van der Waals surface area contributed by atoms with Crippen LogP contribution >= 0.6 is 0 Å². The molecule has 0 aliphatic rings. The number of nitro groups is 1. The predicted octanol–water partition coefficient (Wildman–Crippen LogP) is 1.81. The number of hydrogen-bond donors (Lipinski definition) is 3. The molecule has 0 aliphatic carbocycles. The number of imide groups is 1. The van der Waals surface area contributed by atoms with Gasteiger partial charge in [-0.15, -0.1) is 0 Å². The van der Waals surface area contributed by atoms with Gasteiger partial charge in [-0.1, -0.05) is 0 Å². The van der Waals surface area contributed by atoms with Gasteiger partial charge in [0.15, 0.2) is 6.10 Å². The Morgan fingerprint density at radius 3 is 2.35 bits per heavy atom. The number of esters is 1. The lowest BCUT2D eigenvalue weighted by Crippen LogP contribution is -2.50. The Hall–Kier alpha value is -3.17. The molecule has 0 radical (unpaired) electrons. The Kier molecular flexibility index (Phi) is 6.64. The van der Waals surface area contributed by atoms with Crippen molar-refractivity contribution < 1.29 is 24.0 Å². The first-order valence-corrected chi connectivity index (χ1v) is 7.75. The Labute approximate surface area is 150 Å². The quantitative estimate of drug-likeness (QED) is 0.410. The summed E-state index contributed by atoms with van der Waals surface area (Å²) in [7, 11) is 1.53. The van der Waals surface area contributed by atoms with Crippen LogP contribution in [0.1, 0.15) is 38.1 Å². The van der Waals surface area contributed by atoms with Crippen molar-refractivity contribution in [2.24, 2.45) is 0 Å². The molecule has 0 bridgehead atoms. The van der Waals surface area contributed by atoms with E-state index in [-0.39, 0.29) is 11.3 Å². The molecule has 1 atom stereocenters. The van der Waals surface area contributed by atoms with Crippen LogP contribution in [-0.2, 0) is 9.53 Å². The van der Waals surface area contributed by atoms with E-state index in [0.29, 0.717) is 5.69 Å². The van der Waals surface area contributed by atoms with Gasteiger partial charge in [-0.05, 0) is 33.8 Å². The van der Waals surface area contributed by atoms with E-state index >= 15 is 0 Å². The summed E-state index contributed by atoms with van der Waals surface area (Å²) in [6, 6.07) is 2.91. The third-order valence-corrected chi connectivity index (χ3v) is 3.08. The maximum atomic E-state index is 12.3. The molecule has 3 N–H and O–H groups in total. The minimum atomic E-state index is -1.28. The maximum Gasteiger partial charge on any atom is 0.341 e. The highest BCUT2D eigenvalue weighted by Crippen LogP contribution is 2.23. The Bertz CT molecular complexity index is 726. The molecule has 26 heavy (non-hydrogen) atoms. The topological polar surface area (TPSA) is 140 Å². The van der Waals surface area contributed by atoms with Gasteiger partial charge in [0.25, 0.3) is 11.6 Å². The van der Waals surface area contributed by atoms with Crippen LogP contribution in [0, 0.1) is 10.1 Å². The first kappa shape index (κ1) is 20.9. The lowest BCUT2D eigenvalue weighted by atomic mass is 10.1. The first-order valence-electron chi connectivity index (χ1n) is 7.75. The van der Waals surface area contributed by atoms with Gasteiger partial charge in [-0.25, -0.2) is 9.59 Å². The molecule has 0 fully saturated rings. The Morgan fingerprint density at radius 2 is 1.85 bits per heavy atom. The monoisotopic (exact) mass is 366 g/mol. The van der Waals surface area contributed by atoms with E-state index in [9.17, 15) is 24.5 Å². The van der Waals surface area contributed by atoms with Crippen molar-refractivity contribution in [2.45, 2.75) is 39.3 Å². The molecule has 0 saturated carbocycles. The highest BCUT2D eigenvalue weighted by Gasteiger charge is 2.25. The molecule has 1 rings (SSSR count). The first-order chi connectivity index (χ1) is 11.9. The van der Waals surface area contributed by atoms with Crippen LogP contribution < -0.4 is 16.0 Å². The summed E-state index contributed by atoms with van der Waals surface area (Å²) in [4.78, 5) is 46.1. The molecule has 3 amide bonds. The number of amides is 3. The number of non-ortho nitro benzene ring substituents is 1. The van der Waals surface area contributed by atoms with Crippen LogP contribution in [0.15, 0.2) is 18.2 Å². The molecule has 0 saturated heterocycles. The number of anilines is 1. The second kappa shape index (κ2) is 8.28. The largest absolute Gasteiger partial charge is 0.449 e. The van der Waals surface area contributed by atoms with E-state index in [0.717, 1.165) is 6.07 Å². The summed E-state index contributed by atoms with van der Waals surface area (Å²) in [5, 5.41) is 18.2. The van der Waals surface area contributed by atoms with E-state index in [1.807, 2.05) is 0 Å². The average molecular weight is 366 g/mol. The summed E-state index contributed by atoms with van der Waals surface area (Å²) in [6.07, 6.45) is -1.28. The lowest BCUT2D eigenvalue weighted by Gasteiger charge is -2.21. The molecule has 0 heterocycles. The Balaban J connectivity index is 2.83. The molecule has 1 aromatic rings. The van der Waals surface area contributed by atoms with Crippen molar-refractivity contribution in [3.05, 3.63) is 33.9 Å². The molecular formula is C16H22N4O6. The van der Waals surface area contributed by atoms with Crippen molar-refractivity contribution >= 4 is 29.3 Å². The normalized spacial score (nSPS) is 11.9. The Morgan fingerprint density at radius 1 is 1.23 bits per heavy atom. The van der Waals surface area contributed by atoms with Gasteiger partial charge in [0, 0.05) is 30.4 Å². The molecular weight excluding hydrogens is 344 g/mol. The fourth-order valence-corrected chi connectivity index (χ4v) is 1.90. The molecule has 0 spiro atoms. The fraction of sp³-hybridized carbons (Fsp3) is 0.438. The van der Waals surface area contributed by atoms with E-state index in [2.05, 4.69) is 16.0 Å². The summed E-state index contributed by atoms with van der Waals surface area (Å²) in [5.41, 5.74) is -0.633. The fourth-order valence-electron chi connectivity index (χ4n) is 1.90. The molecule has 0 aromatic heterocycles. The van der Waals surface area contributed by atoms with Gasteiger partial charge in [0.2, 0.25) is 0 Å². The van der Waals surface area contributed by atoms with Crippen LogP contribution in [-0.4, -0.2) is 41.5 Å². The van der Waals surface area contributed by atoms with Crippen molar-refractivity contribution in [1.82, 2.24) is 10.6 Å². The van der Waals surface area contributed by atoms with Crippen LogP contribution in [0.5, 0.6) is 0 Å². The molecule has 142 valence electrons. The van der Waals surface area contributed by atoms with Crippen LogP contribution in [0.3, 0.4) is 0 Å². The minimum Gasteiger partial charge on any atom is -0.449 e. The minimum absolute atomic E-state index is 0.0968. The van der Waals surface area contributed by atoms with Crippen molar-refractivity contribution in [1.29, 1.82) is 0 Å². The molecule has 0 unspecified atom stereocenters. The standard InChI is InChI=1S/C16H22N4O6/c1-9(13(21)18-15(23)19-16(2,3)4)26-14(22)11-8-10(20(24)25)6-7-12(11)17-5/h6-9,17H,1-5H3,(H2,18,19,21,23)/t9-/m1/s1.